The van der Waals surface area contributed by atoms with Crippen molar-refractivity contribution in [1.82, 2.24) is 9.71 Å². The van der Waals surface area contributed by atoms with Gasteiger partial charge in [0.2, 0.25) is 0 Å². The number of rotatable bonds is 5. The van der Waals surface area contributed by atoms with Crippen molar-refractivity contribution in [1.29, 1.82) is 0 Å². The molecule has 0 amide bonds. The molecule has 1 N–H and O–H groups in total. The molecule has 7 heteroatoms. The molecular weight excluding hydrogens is 268 g/mol. The topological polar surface area (TPSA) is 59.1 Å². The van der Waals surface area contributed by atoms with Gasteiger partial charge < -0.3 is 0 Å². The quantitative estimate of drug-likeness (QED) is 0.900. The minimum Gasteiger partial charge on any atom is -0.232 e. The van der Waals surface area contributed by atoms with Crippen LogP contribution in [0.1, 0.15) is 26.2 Å². The van der Waals surface area contributed by atoms with Crippen LogP contribution < -0.4 is 4.72 Å². The molecule has 1 aliphatic carbocycles. The molecule has 0 bridgehead atoms. The van der Waals surface area contributed by atoms with Gasteiger partial charge in [-0.1, -0.05) is 36.3 Å². The van der Waals surface area contributed by atoms with Gasteiger partial charge in [-0.3, -0.25) is 0 Å². The largest absolute Gasteiger partial charge is 0.251 e. The first kappa shape index (κ1) is 12.3. The SMILES string of the molecule is CCCC1CC1NS(=O)(=O)c1cnc(Cl)s1. The highest BCUT2D eigenvalue weighted by molar-refractivity contribution is 7.91. The number of thiazole rings is 1. The molecule has 90 valence electrons. The van der Waals surface area contributed by atoms with Crippen LogP contribution in [0.25, 0.3) is 0 Å². The monoisotopic (exact) mass is 280 g/mol. The van der Waals surface area contributed by atoms with Crippen LogP contribution in [0, 0.1) is 5.92 Å². The van der Waals surface area contributed by atoms with Crippen molar-refractivity contribution >= 4 is 33.0 Å². The van der Waals surface area contributed by atoms with E-state index >= 15 is 0 Å². The summed E-state index contributed by atoms with van der Waals surface area (Å²) in [4.78, 5) is 3.73. The second-order valence-electron chi connectivity index (χ2n) is 3.94. The van der Waals surface area contributed by atoms with Crippen molar-refractivity contribution in [3.05, 3.63) is 10.7 Å². The van der Waals surface area contributed by atoms with Gasteiger partial charge in [-0.2, -0.15) is 0 Å². The molecule has 1 aromatic rings. The number of sulfonamides is 1. The van der Waals surface area contributed by atoms with Crippen LogP contribution in [0.2, 0.25) is 4.47 Å². The van der Waals surface area contributed by atoms with Crippen molar-refractivity contribution < 1.29 is 8.42 Å². The van der Waals surface area contributed by atoms with Gasteiger partial charge in [0, 0.05) is 6.04 Å². The first-order valence-corrected chi connectivity index (χ1v) is 7.84. The van der Waals surface area contributed by atoms with Crippen LogP contribution in [0.5, 0.6) is 0 Å². The maximum absolute atomic E-state index is 11.8. The van der Waals surface area contributed by atoms with Gasteiger partial charge in [-0.05, 0) is 18.8 Å². The third kappa shape index (κ3) is 2.74. The summed E-state index contributed by atoms with van der Waals surface area (Å²) in [7, 11) is -3.41. The fourth-order valence-electron chi connectivity index (χ4n) is 1.70. The lowest BCUT2D eigenvalue weighted by Crippen LogP contribution is -2.26. The number of hydrogen-bond acceptors (Lipinski definition) is 4. The fraction of sp³-hybridized carbons (Fsp3) is 0.667. The molecule has 4 nitrogen and oxygen atoms in total. The zero-order valence-electron chi connectivity index (χ0n) is 8.81. The first-order valence-electron chi connectivity index (χ1n) is 5.16. The Morgan fingerprint density at radius 3 is 3.00 bits per heavy atom. The van der Waals surface area contributed by atoms with Gasteiger partial charge in [-0.15, -0.1) is 0 Å². The lowest BCUT2D eigenvalue weighted by molar-refractivity contribution is 0.575. The van der Waals surface area contributed by atoms with Crippen molar-refractivity contribution in [2.24, 2.45) is 5.92 Å². The van der Waals surface area contributed by atoms with Crippen molar-refractivity contribution in [3.63, 3.8) is 0 Å². The van der Waals surface area contributed by atoms with E-state index in [4.69, 9.17) is 11.6 Å². The Kier molecular flexibility index (Phi) is 3.53. The van der Waals surface area contributed by atoms with Crippen molar-refractivity contribution in [2.45, 2.75) is 36.4 Å². The second kappa shape index (κ2) is 4.60. The van der Waals surface area contributed by atoms with Crippen LogP contribution in [-0.2, 0) is 10.0 Å². The van der Waals surface area contributed by atoms with E-state index in [1.807, 2.05) is 0 Å². The number of halogens is 1. The average molecular weight is 281 g/mol. The van der Waals surface area contributed by atoms with Gasteiger partial charge in [0.25, 0.3) is 10.0 Å². The summed E-state index contributed by atoms with van der Waals surface area (Å²) in [5.41, 5.74) is 0. The lowest BCUT2D eigenvalue weighted by atomic mass is 10.2. The van der Waals surface area contributed by atoms with Gasteiger partial charge >= 0.3 is 0 Å². The molecule has 0 aromatic carbocycles. The highest BCUT2D eigenvalue weighted by atomic mass is 35.5. The summed E-state index contributed by atoms with van der Waals surface area (Å²) in [6.07, 6.45) is 4.41. The summed E-state index contributed by atoms with van der Waals surface area (Å²) in [5, 5.41) is 0. The summed E-state index contributed by atoms with van der Waals surface area (Å²) in [6.45, 7) is 2.10. The maximum atomic E-state index is 11.8. The summed E-state index contributed by atoms with van der Waals surface area (Å²) in [6, 6.07) is 0.103. The van der Waals surface area contributed by atoms with E-state index in [0.29, 0.717) is 5.92 Å². The molecule has 2 unspecified atom stereocenters. The number of aromatic nitrogens is 1. The van der Waals surface area contributed by atoms with E-state index in [2.05, 4.69) is 16.6 Å². The van der Waals surface area contributed by atoms with Gasteiger partial charge in [0.05, 0.1) is 6.20 Å². The first-order chi connectivity index (χ1) is 7.53. The fourth-order valence-corrected chi connectivity index (χ4v) is 4.33. The van der Waals surface area contributed by atoms with Crippen LogP contribution in [-0.4, -0.2) is 19.4 Å². The Balaban J connectivity index is 2.00. The van der Waals surface area contributed by atoms with Gasteiger partial charge in [-0.25, -0.2) is 18.1 Å². The zero-order valence-corrected chi connectivity index (χ0v) is 11.2. The third-order valence-electron chi connectivity index (χ3n) is 2.61. The number of nitrogens with one attached hydrogen (secondary N) is 1. The predicted octanol–water partition coefficient (Wildman–Crippen LogP) is 2.26. The summed E-state index contributed by atoms with van der Waals surface area (Å²) >= 11 is 6.60. The average Bonchev–Trinajstić information content (AvgIpc) is 2.75. The molecule has 0 aliphatic heterocycles. The van der Waals surface area contributed by atoms with E-state index in [1.54, 1.807) is 0 Å². The Morgan fingerprint density at radius 1 is 1.69 bits per heavy atom. The molecule has 1 aliphatic rings. The zero-order chi connectivity index (χ0) is 11.8. The highest BCUT2D eigenvalue weighted by Gasteiger charge is 2.39. The molecule has 1 fully saturated rings. The molecule has 0 spiro atoms. The smallest absolute Gasteiger partial charge is 0.232 e. The molecule has 1 heterocycles. The van der Waals surface area contributed by atoms with E-state index in [-0.39, 0.29) is 14.7 Å². The molecule has 1 saturated carbocycles. The Hall–Kier alpha value is -0.170. The number of hydrogen-bond donors (Lipinski definition) is 1. The van der Waals surface area contributed by atoms with Crippen molar-refractivity contribution in [3.8, 4) is 0 Å². The normalized spacial score (nSPS) is 24.6. The minimum atomic E-state index is -3.41. The molecule has 2 atom stereocenters. The Morgan fingerprint density at radius 2 is 2.44 bits per heavy atom. The maximum Gasteiger partial charge on any atom is 0.251 e. The predicted molar refractivity (Wildman–Crippen MR) is 64.2 cm³/mol. The van der Waals surface area contributed by atoms with Gasteiger partial charge in [0.1, 0.15) is 0 Å². The van der Waals surface area contributed by atoms with E-state index in [9.17, 15) is 8.42 Å². The summed E-state index contributed by atoms with van der Waals surface area (Å²) < 4.78 is 26.8. The van der Waals surface area contributed by atoms with Crippen molar-refractivity contribution in [2.75, 3.05) is 0 Å². The Labute approximate surface area is 104 Å². The van der Waals surface area contributed by atoms with Crippen LogP contribution in [0.4, 0.5) is 0 Å². The summed E-state index contributed by atoms with van der Waals surface area (Å²) in [5.74, 6) is 0.503. The van der Waals surface area contributed by atoms with E-state index in [0.717, 1.165) is 30.6 Å². The highest BCUT2D eigenvalue weighted by Crippen LogP contribution is 2.36. The standard InChI is InChI=1S/C9H13ClN2O2S2/c1-2-3-6-4-7(6)12-16(13,14)8-5-11-9(10)15-8/h5-7,12H,2-4H2,1H3. The van der Waals surface area contributed by atoms with Crippen LogP contribution >= 0.6 is 22.9 Å². The Bertz CT molecular complexity index is 472. The van der Waals surface area contributed by atoms with Crippen LogP contribution in [0.3, 0.4) is 0 Å². The third-order valence-corrected chi connectivity index (χ3v) is 5.68. The van der Waals surface area contributed by atoms with E-state index < -0.39 is 10.0 Å². The molecule has 0 radical (unpaired) electrons. The minimum absolute atomic E-state index is 0.103. The molecule has 0 saturated heterocycles. The molecular formula is C9H13ClN2O2S2. The molecule has 2 rings (SSSR count). The van der Waals surface area contributed by atoms with E-state index in [1.165, 1.54) is 6.20 Å². The number of nitrogens with zero attached hydrogens (tertiary/aromatic N) is 1. The molecule has 16 heavy (non-hydrogen) atoms. The molecule has 1 aromatic heterocycles. The lowest BCUT2D eigenvalue weighted by Gasteiger charge is -2.02. The van der Waals surface area contributed by atoms with Gasteiger partial charge in [0.15, 0.2) is 8.68 Å². The second-order valence-corrected chi connectivity index (χ2v) is 7.50. The van der Waals surface area contributed by atoms with Crippen LogP contribution in [0.15, 0.2) is 10.4 Å².